The first-order chi connectivity index (χ1) is 10.1. The Kier molecular flexibility index (Phi) is 4.12. The molecular formula is C15H20ClN5. The zero-order chi connectivity index (χ0) is 14.8. The van der Waals surface area contributed by atoms with Crippen molar-refractivity contribution in [3.05, 3.63) is 41.1 Å². The van der Waals surface area contributed by atoms with Crippen LogP contribution in [-0.4, -0.2) is 27.1 Å². The van der Waals surface area contributed by atoms with Gasteiger partial charge in [0, 0.05) is 38.1 Å². The van der Waals surface area contributed by atoms with Gasteiger partial charge in [0.05, 0.1) is 17.3 Å². The van der Waals surface area contributed by atoms with Crippen molar-refractivity contribution in [2.24, 2.45) is 0 Å². The lowest BCUT2D eigenvalue weighted by Crippen LogP contribution is -2.34. The molecule has 0 bridgehead atoms. The smallest absolute Gasteiger partial charge is 0.129 e. The second-order valence-corrected chi connectivity index (χ2v) is 6.00. The fourth-order valence-corrected chi connectivity index (χ4v) is 2.61. The molecule has 3 heterocycles. The first kappa shape index (κ1) is 14.4. The molecule has 0 fully saturated rings. The minimum atomic E-state index is 0.411. The molecule has 0 radical (unpaired) electrons. The van der Waals surface area contributed by atoms with Crippen LogP contribution in [0.15, 0.2) is 24.5 Å². The number of hydrogen-bond acceptors (Lipinski definition) is 4. The molecule has 0 saturated heterocycles. The van der Waals surface area contributed by atoms with Gasteiger partial charge in [-0.15, -0.1) is 0 Å². The number of pyridine rings is 1. The molecule has 21 heavy (non-hydrogen) atoms. The van der Waals surface area contributed by atoms with Crippen LogP contribution in [0.3, 0.4) is 0 Å². The van der Waals surface area contributed by atoms with Crippen molar-refractivity contribution in [2.45, 2.75) is 39.5 Å². The van der Waals surface area contributed by atoms with Gasteiger partial charge in [0.2, 0.25) is 0 Å². The summed E-state index contributed by atoms with van der Waals surface area (Å²) in [7, 11) is 0. The quantitative estimate of drug-likeness (QED) is 0.942. The molecule has 2 aromatic rings. The first-order valence-corrected chi connectivity index (χ1v) is 7.65. The molecule has 0 aliphatic carbocycles. The van der Waals surface area contributed by atoms with Crippen LogP contribution in [0, 0.1) is 0 Å². The maximum Gasteiger partial charge on any atom is 0.129 e. The Bertz CT molecular complexity index is 622. The number of aromatic nitrogens is 3. The van der Waals surface area contributed by atoms with Gasteiger partial charge in [-0.1, -0.05) is 25.4 Å². The average molecular weight is 306 g/mol. The van der Waals surface area contributed by atoms with Gasteiger partial charge in [-0.05, 0) is 12.1 Å². The molecule has 3 rings (SSSR count). The number of anilines is 1. The van der Waals surface area contributed by atoms with Crippen molar-refractivity contribution >= 4 is 17.4 Å². The van der Waals surface area contributed by atoms with Crippen molar-refractivity contribution in [1.29, 1.82) is 0 Å². The van der Waals surface area contributed by atoms with E-state index in [-0.39, 0.29) is 0 Å². The molecule has 112 valence electrons. The summed E-state index contributed by atoms with van der Waals surface area (Å²) >= 11 is 6.24. The van der Waals surface area contributed by atoms with Crippen LogP contribution in [0.4, 0.5) is 5.82 Å². The predicted molar refractivity (Wildman–Crippen MR) is 84.5 cm³/mol. The summed E-state index contributed by atoms with van der Waals surface area (Å²) in [6, 6.07) is 4.33. The van der Waals surface area contributed by atoms with Crippen molar-refractivity contribution in [3.63, 3.8) is 0 Å². The molecule has 5 nitrogen and oxygen atoms in total. The van der Waals surface area contributed by atoms with E-state index in [2.05, 4.69) is 33.6 Å². The van der Waals surface area contributed by atoms with Crippen molar-refractivity contribution in [2.75, 3.05) is 11.4 Å². The lowest BCUT2D eigenvalue weighted by molar-refractivity contribution is 0.552. The number of nitrogens with one attached hydrogen (secondary N) is 1. The van der Waals surface area contributed by atoms with E-state index in [0.29, 0.717) is 17.6 Å². The van der Waals surface area contributed by atoms with Crippen molar-refractivity contribution < 1.29 is 0 Å². The Balaban J connectivity index is 1.78. The Morgan fingerprint density at radius 1 is 1.33 bits per heavy atom. The Labute approximate surface area is 130 Å². The Morgan fingerprint density at radius 2 is 2.19 bits per heavy atom. The third kappa shape index (κ3) is 3.19. The van der Waals surface area contributed by atoms with Crippen LogP contribution in [0.2, 0.25) is 5.02 Å². The van der Waals surface area contributed by atoms with Gasteiger partial charge in [-0.25, -0.2) is 9.97 Å². The summed E-state index contributed by atoms with van der Waals surface area (Å²) < 4.78 is 2.19. The maximum absolute atomic E-state index is 6.24. The van der Waals surface area contributed by atoms with Crippen molar-refractivity contribution in [1.82, 2.24) is 19.9 Å². The highest BCUT2D eigenvalue weighted by molar-refractivity contribution is 6.31. The predicted octanol–water partition coefficient (Wildman–Crippen LogP) is 2.45. The standard InChI is InChI=1S/C15H20ClN5/c1-11(2)18-9-13-12(16)3-4-14(19-13)21-8-7-20-6-5-17-15(20)10-21/h3-6,11,18H,7-10H2,1-2H3. The number of hydrogen-bond donors (Lipinski definition) is 1. The molecular weight excluding hydrogens is 286 g/mol. The van der Waals surface area contributed by atoms with Gasteiger partial charge in [0.1, 0.15) is 11.6 Å². The molecule has 1 N–H and O–H groups in total. The van der Waals surface area contributed by atoms with Gasteiger partial charge < -0.3 is 14.8 Å². The molecule has 0 unspecified atom stereocenters. The Hall–Kier alpha value is -1.59. The number of nitrogens with zero attached hydrogens (tertiary/aromatic N) is 4. The summed E-state index contributed by atoms with van der Waals surface area (Å²) in [5, 5.41) is 4.08. The largest absolute Gasteiger partial charge is 0.347 e. The number of rotatable bonds is 4. The summed E-state index contributed by atoms with van der Waals surface area (Å²) in [4.78, 5) is 11.4. The monoisotopic (exact) mass is 305 g/mol. The van der Waals surface area contributed by atoms with Crippen LogP contribution in [0.5, 0.6) is 0 Å². The minimum Gasteiger partial charge on any atom is -0.347 e. The Morgan fingerprint density at radius 3 is 3.00 bits per heavy atom. The van der Waals surface area contributed by atoms with Gasteiger partial charge in [-0.3, -0.25) is 0 Å². The average Bonchev–Trinajstić information content (AvgIpc) is 2.93. The van der Waals surface area contributed by atoms with Gasteiger partial charge in [0.15, 0.2) is 0 Å². The molecule has 1 aliphatic heterocycles. The number of halogens is 1. The highest BCUT2D eigenvalue weighted by Gasteiger charge is 2.18. The number of fused-ring (bicyclic) bond motifs is 1. The van der Waals surface area contributed by atoms with Crippen LogP contribution < -0.4 is 10.2 Å². The van der Waals surface area contributed by atoms with E-state index in [9.17, 15) is 0 Å². The second kappa shape index (κ2) is 6.03. The maximum atomic E-state index is 6.24. The fraction of sp³-hybridized carbons (Fsp3) is 0.467. The van der Waals surface area contributed by atoms with E-state index in [1.807, 2.05) is 24.5 Å². The minimum absolute atomic E-state index is 0.411. The topological polar surface area (TPSA) is 46.0 Å². The van der Waals surface area contributed by atoms with E-state index in [1.165, 1.54) is 0 Å². The summed E-state index contributed by atoms with van der Waals surface area (Å²) in [5.74, 6) is 2.05. The zero-order valence-corrected chi connectivity index (χ0v) is 13.1. The van der Waals surface area contributed by atoms with Crippen LogP contribution in [0.1, 0.15) is 25.4 Å². The van der Waals surface area contributed by atoms with E-state index in [0.717, 1.165) is 37.0 Å². The molecule has 2 aromatic heterocycles. The third-order valence-electron chi connectivity index (χ3n) is 3.65. The van der Waals surface area contributed by atoms with E-state index in [4.69, 9.17) is 16.6 Å². The van der Waals surface area contributed by atoms with Crippen LogP contribution in [-0.2, 0) is 19.6 Å². The lowest BCUT2D eigenvalue weighted by Gasteiger charge is -2.29. The lowest BCUT2D eigenvalue weighted by atomic mass is 10.3. The number of imidazole rings is 1. The van der Waals surface area contributed by atoms with E-state index in [1.54, 1.807) is 0 Å². The van der Waals surface area contributed by atoms with Crippen LogP contribution in [0.25, 0.3) is 0 Å². The van der Waals surface area contributed by atoms with Crippen molar-refractivity contribution in [3.8, 4) is 0 Å². The van der Waals surface area contributed by atoms with E-state index >= 15 is 0 Å². The highest BCUT2D eigenvalue weighted by Crippen LogP contribution is 2.22. The SMILES string of the molecule is CC(C)NCc1nc(N2CCn3ccnc3C2)ccc1Cl. The molecule has 0 amide bonds. The second-order valence-electron chi connectivity index (χ2n) is 5.59. The van der Waals surface area contributed by atoms with Gasteiger partial charge in [0.25, 0.3) is 0 Å². The van der Waals surface area contributed by atoms with Gasteiger partial charge >= 0.3 is 0 Å². The third-order valence-corrected chi connectivity index (χ3v) is 3.99. The summed E-state index contributed by atoms with van der Waals surface area (Å²) in [5.41, 5.74) is 0.900. The summed E-state index contributed by atoms with van der Waals surface area (Å²) in [6.07, 6.45) is 3.88. The molecule has 0 aromatic carbocycles. The first-order valence-electron chi connectivity index (χ1n) is 7.27. The molecule has 1 aliphatic rings. The van der Waals surface area contributed by atoms with E-state index < -0.39 is 0 Å². The molecule has 6 heteroatoms. The fourth-order valence-electron chi connectivity index (χ4n) is 2.44. The van der Waals surface area contributed by atoms with Crippen LogP contribution >= 0.6 is 11.6 Å². The zero-order valence-electron chi connectivity index (χ0n) is 12.4. The molecule has 0 atom stereocenters. The summed E-state index contributed by atoms with van der Waals surface area (Å²) in [6.45, 7) is 7.59. The molecule has 0 saturated carbocycles. The van der Waals surface area contributed by atoms with Gasteiger partial charge in [-0.2, -0.15) is 0 Å². The highest BCUT2D eigenvalue weighted by atomic mass is 35.5. The molecule has 0 spiro atoms. The normalized spacial score (nSPS) is 14.6.